The third-order valence-electron chi connectivity index (χ3n) is 2.94. The summed E-state index contributed by atoms with van der Waals surface area (Å²) in [5.74, 6) is -1.74. The lowest BCUT2D eigenvalue weighted by atomic mass is 10.3. The van der Waals surface area contributed by atoms with E-state index < -0.39 is 25.1 Å². The van der Waals surface area contributed by atoms with E-state index in [1.165, 1.54) is 42.6 Å². The van der Waals surface area contributed by atoms with Gasteiger partial charge in [-0.25, -0.2) is 0 Å². The summed E-state index contributed by atoms with van der Waals surface area (Å²) in [7, 11) is 0. The first-order valence-corrected chi connectivity index (χ1v) is 7.10. The quantitative estimate of drug-likeness (QED) is 0.766. The van der Waals surface area contributed by atoms with Crippen LogP contribution in [-0.2, 0) is 20.9 Å². The number of aromatic nitrogens is 1. The molecule has 0 fully saturated rings. The van der Waals surface area contributed by atoms with Gasteiger partial charge in [-0.15, -0.1) is 0 Å². The molecule has 0 aliphatic heterocycles. The monoisotopic (exact) mass is 352 g/mol. The summed E-state index contributed by atoms with van der Waals surface area (Å²) in [5, 5.41) is 2.30. The van der Waals surface area contributed by atoms with Crippen LogP contribution in [0, 0.1) is 0 Å². The Labute approximate surface area is 140 Å². The van der Waals surface area contributed by atoms with Crippen molar-refractivity contribution in [2.24, 2.45) is 0 Å². The van der Waals surface area contributed by atoms with Crippen molar-refractivity contribution < 1.29 is 27.8 Å². The van der Waals surface area contributed by atoms with Crippen LogP contribution in [0.4, 0.5) is 14.5 Å². The first kappa shape index (κ1) is 18.1. The van der Waals surface area contributed by atoms with E-state index in [1.54, 1.807) is 6.07 Å². The third-order valence-corrected chi connectivity index (χ3v) is 2.94. The van der Waals surface area contributed by atoms with Crippen molar-refractivity contribution in [2.75, 3.05) is 11.9 Å². The zero-order chi connectivity index (χ0) is 18.2. The highest BCUT2D eigenvalue weighted by molar-refractivity contribution is 5.94. The number of nitrogens with zero attached hydrogens (tertiary/aromatic N) is 1. The number of ether oxygens (including phenoxy) is 2. The Balaban J connectivity index is 1.88. The zero-order valence-corrected chi connectivity index (χ0v) is 12.9. The predicted octanol–water partition coefficient (Wildman–Crippen LogP) is 1.63. The number of carbonyl (C=O) groups is 2. The molecular weight excluding hydrogens is 338 g/mol. The summed E-state index contributed by atoms with van der Waals surface area (Å²) in [6.45, 7) is -4.03. The molecule has 0 bridgehead atoms. The van der Waals surface area contributed by atoms with Crippen molar-refractivity contribution in [1.29, 1.82) is 0 Å². The van der Waals surface area contributed by atoms with E-state index in [4.69, 9.17) is 4.74 Å². The molecule has 25 heavy (non-hydrogen) atoms. The van der Waals surface area contributed by atoms with Gasteiger partial charge in [0.25, 0.3) is 11.5 Å². The van der Waals surface area contributed by atoms with Crippen LogP contribution in [0.2, 0.25) is 0 Å². The standard InChI is InChI=1S/C16H14F2N2O5/c17-16(18)25-12-6-2-1-5-11(12)19-13(21)10-24-15(23)9-20-8-4-3-7-14(20)22/h1-8,16H,9-10H2,(H,19,21). The van der Waals surface area contributed by atoms with Crippen LogP contribution in [0.25, 0.3) is 0 Å². The van der Waals surface area contributed by atoms with Crippen LogP contribution >= 0.6 is 0 Å². The molecule has 0 spiro atoms. The van der Waals surface area contributed by atoms with Crippen molar-refractivity contribution in [1.82, 2.24) is 4.57 Å². The second-order valence-electron chi connectivity index (χ2n) is 4.75. The maximum atomic E-state index is 12.3. The summed E-state index contributed by atoms with van der Waals surface area (Å²) in [6, 6.07) is 9.97. The van der Waals surface area contributed by atoms with Crippen LogP contribution in [-0.4, -0.2) is 29.7 Å². The Kier molecular flexibility index (Phi) is 6.21. The van der Waals surface area contributed by atoms with Gasteiger partial charge in [-0.3, -0.25) is 14.4 Å². The summed E-state index contributed by atoms with van der Waals surface area (Å²) in [4.78, 5) is 34.9. The minimum absolute atomic E-state index is 0.0168. The van der Waals surface area contributed by atoms with E-state index in [9.17, 15) is 23.2 Å². The Morgan fingerprint density at radius 2 is 1.84 bits per heavy atom. The normalized spacial score (nSPS) is 10.4. The number of nitrogens with one attached hydrogen (secondary N) is 1. The topological polar surface area (TPSA) is 86.6 Å². The molecule has 1 aromatic heterocycles. The van der Waals surface area contributed by atoms with E-state index in [1.807, 2.05) is 0 Å². The van der Waals surface area contributed by atoms with Crippen LogP contribution < -0.4 is 15.6 Å². The molecule has 2 rings (SSSR count). The van der Waals surface area contributed by atoms with Gasteiger partial charge in [-0.05, 0) is 18.2 Å². The van der Waals surface area contributed by atoms with E-state index in [2.05, 4.69) is 10.1 Å². The van der Waals surface area contributed by atoms with Crippen molar-refractivity contribution in [3.8, 4) is 5.75 Å². The summed E-state index contributed by atoms with van der Waals surface area (Å²) in [6.07, 6.45) is 1.40. The van der Waals surface area contributed by atoms with Gasteiger partial charge in [0.2, 0.25) is 0 Å². The summed E-state index contributed by atoms with van der Waals surface area (Å²) >= 11 is 0. The fraction of sp³-hybridized carbons (Fsp3) is 0.188. The highest BCUT2D eigenvalue weighted by Gasteiger charge is 2.13. The molecule has 0 saturated carbocycles. The molecule has 9 heteroatoms. The van der Waals surface area contributed by atoms with E-state index in [0.29, 0.717) is 0 Å². The number of anilines is 1. The Morgan fingerprint density at radius 3 is 2.56 bits per heavy atom. The SMILES string of the molecule is O=C(COC(=O)Cn1ccccc1=O)Nc1ccccc1OC(F)F. The van der Waals surface area contributed by atoms with Gasteiger partial charge in [0.1, 0.15) is 12.3 Å². The number of alkyl halides is 2. The number of para-hydroxylation sites is 2. The molecule has 0 unspecified atom stereocenters. The number of carbonyl (C=O) groups excluding carboxylic acids is 2. The average Bonchev–Trinajstić information content (AvgIpc) is 2.56. The maximum absolute atomic E-state index is 12.3. The van der Waals surface area contributed by atoms with E-state index in [0.717, 1.165) is 4.57 Å². The van der Waals surface area contributed by atoms with E-state index >= 15 is 0 Å². The molecule has 1 aromatic carbocycles. The van der Waals surface area contributed by atoms with Crippen molar-refractivity contribution in [3.63, 3.8) is 0 Å². The van der Waals surface area contributed by atoms with Gasteiger partial charge in [-0.1, -0.05) is 18.2 Å². The molecule has 0 radical (unpaired) electrons. The molecule has 0 saturated heterocycles. The number of pyridine rings is 1. The number of amides is 1. The van der Waals surface area contributed by atoms with Gasteiger partial charge in [-0.2, -0.15) is 8.78 Å². The van der Waals surface area contributed by atoms with Crippen molar-refractivity contribution >= 4 is 17.6 Å². The number of hydrogen-bond donors (Lipinski definition) is 1. The molecule has 0 aliphatic carbocycles. The molecule has 132 valence electrons. The van der Waals surface area contributed by atoms with Gasteiger partial charge in [0.05, 0.1) is 5.69 Å². The third kappa shape index (κ3) is 5.72. The largest absolute Gasteiger partial charge is 0.454 e. The Bertz CT molecular complexity index is 807. The lowest BCUT2D eigenvalue weighted by Gasteiger charge is -2.12. The molecule has 1 heterocycles. The number of hydrogen-bond acceptors (Lipinski definition) is 5. The van der Waals surface area contributed by atoms with E-state index in [-0.39, 0.29) is 23.5 Å². The highest BCUT2D eigenvalue weighted by atomic mass is 19.3. The van der Waals surface area contributed by atoms with Crippen LogP contribution in [0.5, 0.6) is 5.75 Å². The second kappa shape index (κ2) is 8.57. The first-order chi connectivity index (χ1) is 12.0. The first-order valence-electron chi connectivity index (χ1n) is 7.10. The maximum Gasteiger partial charge on any atom is 0.387 e. The lowest BCUT2D eigenvalue weighted by Crippen LogP contribution is -2.27. The summed E-state index contributed by atoms with van der Waals surface area (Å²) in [5.41, 5.74) is -0.370. The smallest absolute Gasteiger partial charge is 0.387 e. The number of benzene rings is 1. The minimum Gasteiger partial charge on any atom is -0.454 e. The fourth-order valence-corrected chi connectivity index (χ4v) is 1.88. The predicted molar refractivity (Wildman–Crippen MR) is 83.4 cm³/mol. The molecule has 1 amide bonds. The van der Waals surface area contributed by atoms with Crippen LogP contribution in [0.3, 0.4) is 0 Å². The molecule has 0 aliphatic rings. The Hall–Kier alpha value is -3.23. The van der Waals surface area contributed by atoms with Crippen molar-refractivity contribution in [2.45, 2.75) is 13.2 Å². The number of halogens is 2. The molecular formula is C16H14F2N2O5. The number of rotatable bonds is 7. The molecule has 7 nitrogen and oxygen atoms in total. The fourth-order valence-electron chi connectivity index (χ4n) is 1.88. The Morgan fingerprint density at radius 1 is 1.12 bits per heavy atom. The molecule has 0 atom stereocenters. The van der Waals surface area contributed by atoms with Crippen LogP contribution in [0.1, 0.15) is 0 Å². The second-order valence-corrected chi connectivity index (χ2v) is 4.75. The zero-order valence-electron chi connectivity index (χ0n) is 12.9. The van der Waals surface area contributed by atoms with Crippen molar-refractivity contribution in [3.05, 3.63) is 59.0 Å². The number of esters is 1. The van der Waals surface area contributed by atoms with Gasteiger partial charge in [0.15, 0.2) is 6.61 Å². The minimum atomic E-state index is -3.04. The van der Waals surface area contributed by atoms with Gasteiger partial charge >= 0.3 is 12.6 Å². The van der Waals surface area contributed by atoms with Gasteiger partial charge < -0.3 is 19.4 Å². The average molecular weight is 352 g/mol. The van der Waals surface area contributed by atoms with Crippen LogP contribution in [0.15, 0.2) is 53.5 Å². The molecule has 2 aromatic rings. The van der Waals surface area contributed by atoms with Gasteiger partial charge in [0, 0.05) is 12.3 Å². The lowest BCUT2D eigenvalue weighted by molar-refractivity contribution is -0.147. The highest BCUT2D eigenvalue weighted by Crippen LogP contribution is 2.25. The molecule has 1 N–H and O–H groups in total. The summed E-state index contributed by atoms with van der Waals surface area (Å²) < 4.78 is 34.7.